The molecule has 0 aliphatic rings. The van der Waals surface area contributed by atoms with E-state index in [2.05, 4.69) is 9.13 Å². The number of fused-ring (bicyclic) bond motifs is 4. The molecule has 13 nitrogen and oxygen atoms in total. The fraction of sp³-hybridized carbons (Fsp3) is 0.0448. The van der Waals surface area contributed by atoms with Crippen molar-refractivity contribution in [3.63, 3.8) is 0 Å². The number of carbonyl (C=O) groups is 2. The van der Waals surface area contributed by atoms with Crippen molar-refractivity contribution in [3.05, 3.63) is 286 Å². The van der Waals surface area contributed by atoms with E-state index in [-0.39, 0.29) is 22.0 Å². The number of hydrogen-bond acceptors (Lipinski definition) is 10. The quantitative estimate of drug-likeness (QED) is 0.0789. The van der Waals surface area contributed by atoms with Crippen molar-refractivity contribution < 1.29 is 32.0 Å². The zero-order valence-corrected chi connectivity index (χ0v) is 45.0. The van der Waals surface area contributed by atoms with Gasteiger partial charge in [-0.1, -0.05) is 133 Å². The Kier molecular flexibility index (Phi) is 15.8. The summed E-state index contributed by atoms with van der Waals surface area (Å²) < 4.78 is 40.6. The largest absolute Gasteiger partial charge is 0.465 e. The normalized spacial score (nSPS) is 11.0. The Morgan fingerprint density at radius 3 is 0.926 bits per heavy atom. The van der Waals surface area contributed by atoms with E-state index in [1.165, 1.54) is 14.2 Å². The number of pyridine rings is 2. The van der Waals surface area contributed by atoms with Crippen LogP contribution in [0.2, 0.25) is 0 Å². The van der Waals surface area contributed by atoms with Crippen LogP contribution in [-0.4, -0.2) is 54.5 Å². The van der Waals surface area contributed by atoms with Gasteiger partial charge in [0.2, 0.25) is 0 Å². The van der Waals surface area contributed by atoms with Crippen molar-refractivity contribution in [1.82, 2.24) is 9.13 Å². The summed E-state index contributed by atoms with van der Waals surface area (Å²) in [4.78, 5) is 58.3. The molecule has 0 bridgehead atoms. The number of aromatic nitrogens is 2. The molecular weight excluding hydrogens is 1040 g/mol. The highest BCUT2D eigenvalue weighted by Gasteiger charge is 2.29. The number of rotatable bonds is 10. The Labute approximate surface area is 466 Å². The summed E-state index contributed by atoms with van der Waals surface area (Å²) >= 11 is 0. The smallest absolute Gasteiger partial charge is 0.340 e. The number of para-hydroxylation sites is 8. The minimum atomic E-state index is -3.67. The molecule has 2 heterocycles. The van der Waals surface area contributed by atoms with Gasteiger partial charge in [0.15, 0.2) is 10.9 Å². The third-order valence-corrected chi connectivity index (χ3v) is 13.4. The first-order valence-corrected chi connectivity index (χ1v) is 27.4. The van der Waals surface area contributed by atoms with E-state index in [4.69, 9.17) is 14.0 Å². The van der Waals surface area contributed by atoms with Crippen LogP contribution < -0.4 is 20.7 Å². The van der Waals surface area contributed by atoms with E-state index < -0.39 is 22.1 Å². The third kappa shape index (κ3) is 11.3. The molecule has 0 unspecified atom stereocenters. The van der Waals surface area contributed by atoms with Crippen LogP contribution in [0.15, 0.2) is 264 Å². The van der Waals surface area contributed by atoms with Gasteiger partial charge in [-0.25, -0.2) is 9.59 Å². The predicted octanol–water partition coefficient (Wildman–Crippen LogP) is 14.3. The van der Waals surface area contributed by atoms with Gasteiger partial charge in [0.05, 0.1) is 65.0 Å². The van der Waals surface area contributed by atoms with Crippen LogP contribution in [0.5, 0.6) is 0 Å². The maximum Gasteiger partial charge on any atom is 0.340 e. The highest BCUT2D eigenvalue weighted by atomic mass is 32.2. The standard InChI is InChI=1S/C34H28N2O4.C32H20N2O2.CH4O3S/c1-39-33(37)29-23-32(36(27-19-11-5-12-20-27)28-21-13-6-14-22-28)30(34(38)40-2)24-31(29)35(25-15-7-3-8-16-25)26-17-9-4-10-18-26;35-31-23-15-7-9-17-27(23)33(21-11-3-1-4-12-21)29-19-26-30(20-25(29)31)34(22-13-5-2-6-14-22)28-18-10-8-16-24(28)32(26)36;1-5(2,3)4/h3-24H,1-2H3;1-20H;1H3,(H,2,3,4). The van der Waals surface area contributed by atoms with E-state index >= 15 is 0 Å². The number of hydrogen-bond donors (Lipinski definition) is 1. The minimum Gasteiger partial charge on any atom is -0.465 e. The topological polar surface area (TPSA) is 157 Å². The highest BCUT2D eigenvalue weighted by Crippen LogP contribution is 2.44. The summed E-state index contributed by atoms with van der Waals surface area (Å²) in [7, 11) is -0.969. The average Bonchev–Trinajstić information content (AvgIpc) is 3.60. The first-order chi connectivity index (χ1) is 39.3. The molecule has 81 heavy (non-hydrogen) atoms. The average molecular weight is 1090 g/mol. The van der Waals surface area contributed by atoms with E-state index in [0.29, 0.717) is 50.2 Å². The lowest BCUT2D eigenvalue weighted by Gasteiger charge is -2.31. The van der Waals surface area contributed by atoms with Gasteiger partial charge < -0.3 is 28.4 Å². The first kappa shape index (κ1) is 54.0. The van der Waals surface area contributed by atoms with Crippen LogP contribution in [-0.2, 0) is 19.6 Å². The van der Waals surface area contributed by atoms with Crippen LogP contribution in [0.4, 0.5) is 34.1 Å². The molecular formula is C67H52N4O9S. The molecule has 0 aliphatic carbocycles. The molecule has 12 rings (SSSR count). The second-order valence-corrected chi connectivity index (χ2v) is 20.0. The lowest BCUT2D eigenvalue weighted by Crippen LogP contribution is -2.20. The number of nitrogens with zero attached hydrogens (tertiary/aromatic N) is 4. The van der Waals surface area contributed by atoms with E-state index in [1.807, 2.05) is 252 Å². The Morgan fingerprint density at radius 1 is 0.383 bits per heavy atom. The van der Waals surface area contributed by atoms with E-state index in [0.717, 1.165) is 45.2 Å². The van der Waals surface area contributed by atoms with Crippen LogP contribution in [0.25, 0.3) is 55.0 Å². The molecule has 0 fully saturated rings. The van der Waals surface area contributed by atoms with Crippen LogP contribution >= 0.6 is 0 Å². The lowest BCUT2D eigenvalue weighted by atomic mass is 10.0. The number of esters is 2. The molecule has 0 spiro atoms. The van der Waals surface area contributed by atoms with Crippen LogP contribution in [0.3, 0.4) is 0 Å². The second kappa shape index (κ2) is 23.7. The van der Waals surface area contributed by atoms with Gasteiger partial charge in [-0.15, -0.1) is 0 Å². The van der Waals surface area contributed by atoms with Crippen molar-refractivity contribution in [2.75, 3.05) is 30.3 Å². The highest BCUT2D eigenvalue weighted by molar-refractivity contribution is 7.85. The Bertz CT molecular complexity index is 4130. The molecule has 400 valence electrons. The Morgan fingerprint density at radius 2 is 0.642 bits per heavy atom. The maximum atomic E-state index is 13.8. The van der Waals surface area contributed by atoms with E-state index in [9.17, 15) is 27.6 Å². The molecule has 0 amide bonds. The van der Waals surface area contributed by atoms with Gasteiger partial charge >= 0.3 is 11.9 Å². The summed E-state index contributed by atoms with van der Waals surface area (Å²) in [5.41, 5.74) is 9.59. The molecule has 0 radical (unpaired) electrons. The van der Waals surface area contributed by atoms with E-state index in [1.54, 1.807) is 12.1 Å². The molecule has 10 aromatic carbocycles. The lowest BCUT2D eigenvalue weighted by molar-refractivity contribution is 0.0588. The number of carbonyl (C=O) groups excluding carboxylic acids is 2. The van der Waals surface area contributed by atoms with Crippen molar-refractivity contribution in [2.24, 2.45) is 0 Å². The summed E-state index contributed by atoms with van der Waals surface area (Å²) in [5, 5.41) is 2.43. The molecule has 0 saturated heterocycles. The van der Waals surface area contributed by atoms with Crippen molar-refractivity contribution in [1.29, 1.82) is 0 Å². The first-order valence-electron chi connectivity index (χ1n) is 25.6. The molecule has 2 aromatic heterocycles. The summed E-state index contributed by atoms with van der Waals surface area (Å²) in [6.07, 6.45) is 0.715. The molecule has 1 N–H and O–H groups in total. The van der Waals surface area contributed by atoms with Crippen LogP contribution in [0, 0.1) is 0 Å². The van der Waals surface area contributed by atoms with Crippen molar-refractivity contribution in [3.8, 4) is 11.4 Å². The fourth-order valence-corrected chi connectivity index (χ4v) is 9.95. The summed E-state index contributed by atoms with van der Waals surface area (Å²) in [6.45, 7) is 0. The van der Waals surface area contributed by atoms with Gasteiger partial charge in [0.25, 0.3) is 10.1 Å². The molecule has 12 aromatic rings. The van der Waals surface area contributed by atoms with Gasteiger partial charge in [0, 0.05) is 55.7 Å². The summed E-state index contributed by atoms with van der Waals surface area (Å²) in [6, 6.07) is 81.0. The molecule has 14 heteroatoms. The monoisotopic (exact) mass is 1090 g/mol. The molecule has 0 aliphatic heterocycles. The zero-order chi connectivity index (χ0) is 56.6. The van der Waals surface area contributed by atoms with Gasteiger partial charge in [-0.3, -0.25) is 14.1 Å². The Hall–Kier alpha value is -10.4. The summed E-state index contributed by atoms with van der Waals surface area (Å²) in [5.74, 6) is -1.07. The van der Waals surface area contributed by atoms with Crippen LogP contribution in [0.1, 0.15) is 20.7 Å². The third-order valence-electron chi connectivity index (χ3n) is 13.4. The van der Waals surface area contributed by atoms with Crippen molar-refractivity contribution in [2.45, 2.75) is 0 Å². The van der Waals surface area contributed by atoms with Gasteiger partial charge in [-0.05, 0) is 121 Å². The SMILES string of the molecule is COC(=O)c1cc(N(c2ccccc2)c2ccccc2)c(C(=O)OC)cc1N(c1ccccc1)c1ccccc1.CS(=O)(=O)O.O=c1c2ccccc2n(-c2ccccc2)c2cc3c(=O)c4ccccc4n(-c4ccccc4)c3cc12. The molecule has 0 atom stereocenters. The Balaban J connectivity index is 0.000000168. The zero-order valence-electron chi connectivity index (χ0n) is 44.2. The maximum absolute atomic E-state index is 13.8. The minimum absolute atomic E-state index is 0.0464. The van der Waals surface area contributed by atoms with Gasteiger partial charge in [-0.2, -0.15) is 8.42 Å². The number of benzene rings is 10. The fourth-order valence-electron chi connectivity index (χ4n) is 9.95. The number of ether oxygens (including phenoxy) is 2. The number of methoxy groups -OCH3 is 2. The predicted molar refractivity (Wildman–Crippen MR) is 324 cm³/mol. The number of anilines is 6. The second-order valence-electron chi connectivity index (χ2n) is 18.5. The van der Waals surface area contributed by atoms with Gasteiger partial charge in [0.1, 0.15) is 0 Å². The molecule has 0 saturated carbocycles. The van der Waals surface area contributed by atoms with Crippen molar-refractivity contribution >= 4 is 99.8 Å².